The molecule has 0 aliphatic heterocycles. The number of nitrogens with zero attached hydrogens (tertiary/aromatic N) is 2. The van der Waals surface area contributed by atoms with Crippen molar-refractivity contribution in [1.29, 1.82) is 0 Å². The van der Waals surface area contributed by atoms with Crippen LogP contribution in [0.15, 0.2) is 12.4 Å². The van der Waals surface area contributed by atoms with Gasteiger partial charge in [-0.1, -0.05) is 20.8 Å². The topological polar surface area (TPSA) is 29.9 Å². The first-order chi connectivity index (χ1) is 7.19. The fourth-order valence-electron chi connectivity index (χ4n) is 1.81. The zero-order chi connectivity index (χ0) is 11.3. The van der Waals surface area contributed by atoms with Crippen LogP contribution in [0.3, 0.4) is 0 Å². The van der Waals surface area contributed by atoms with Crippen molar-refractivity contribution in [2.45, 2.75) is 46.2 Å². The summed E-state index contributed by atoms with van der Waals surface area (Å²) in [5.41, 5.74) is 0. The van der Waals surface area contributed by atoms with Gasteiger partial charge in [0.05, 0.1) is 0 Å². The Hall–Kier alpha value is -0.830. The van der Waals surface area contributed by atoms with Crippen LogP contribution in [-0.2, 0) is 13.0 Å². The van der Waals surface area contributed by atoms with Gasteiger partial charge in [0.2, 0.25) is 0 Å². The van der Waals surface area contributed by atoms with E-state index in [0.29, 0.717) is 12.0 Å². The number of hydrogen-bond donors (Lipinski definition) is 1. The minimum atomic E-state index is 0.523. The van der Waals surface area contributed by atoms with Crippen LogP contribution in [0, 0.1) is 5.92 Å². The molecule has 1 unspecified atom stereocenters. The average Bonchev–Trinajstić information content (AvgIpc) is 2.62. The van der Waals surface area contributed by atoms with Crippen LogP contribution < -0.4 is 5.32 Å². The first-order valence-electron chi connectivity index (χ1n) is 5.86. The first-order valence-corrected chi connectivity index (χ1v) is 5.86. The van der Waals surface area contributed by atoms with Gasteiger partial charge in [0.25, 0.3) is 0 Å². The van der Waals surface area contributed by atoms with Crippen LogP contribution in [0.2, 0.25) is 0 Å². The molecular formula is C12H23N3. The Morgan fingerprint density at radius 3 is 2.73 bits per heavy atom. The summed E-state index contributed by atoms with van der Waals surface area (Å²) in [4.78, 5) is 4.39. The SMILES string of the molecule is CCCc1nccn1CC(NC)C(C)C. The average molecular weight is 209 g/mol. The van der Waals surface area contributed by atoms with E-state index in [4.69, 9.17) is 0 Å². The maximum Gasteiger partial charge on any atom is 0.108 e. The smallest absolute Gasteiger partial charge is 0.108 e. The highest BCUT2D eigenvalue weighted by Crippen LogP contribution is 2.08. The van der Waals surface area contributed by atoms with Crippen LogP contribution in [0.1, 0.15) is 33.0 Å². The van der Waals surface area contributed by atoms with E-state index >= 15 is 0 Å². The lowest BCUT2D eigenvalue weighted by molar-refractivity contribution is 0.372. The van der Waals surface area contributed by atoms with Gasteiger partial charge in [-0.2, -0.15) is 0 Å². The van der Waals surface area contributed by atoms with Crippen LogP contribution in [0.4, 0.5) is 0 Å². The van der Waals surface area contributed by atoms with E-state index in [-0.39, 0.29) is 0 Å². The second-order valence-corrected chi connectivity index (χ2v) is 4.39. The molecule has 0 aliphatic rings. The predicted molar refractivity (Wildman–Crippen MR) is 63.9 cm³/mol. The highest BCUT2D eigenvalue weighted by atomic mass is 15.1. The summed E-state index contributed by atoms with van der Waals surface area (Å²) in [6.45, 7) is 7.70. The lowest BCUT2D eigenvalue weighted by Crippen LogP contribution is -2.35. The van der Waals surface area contributed by atoms with Gasteiger partial charge >= 0.3 is 0 Å². The summed E-state index contributed by atoms with van der Waals surface area (Å²) in [6, 6.07) is 0.523. The molecule has 1 aromatic heterocycles. The third kappa shape index (κ3) is 3.34. The maximum absolute atomic E-state index is 4.39. The van der Waals surface area contributed by atoms with Gasteiger partial charge in [-0.3, -0.25) is 0 Å². The Labute approximate surface area is 92.9 Å². The van der Waals surface area contributed by atoms with Crippen molar-refractivity contribution in [2.75, 3.05) is 7.05 Å². The Morgan fingerprint density at radius 2 is 2.20 bits per heavy atom. The summed E-state index contributed by atoms with van der Waals surface area (Å²) >= 11 is 0. The molecular weight excluding hydrogens is 186 g/mol. The molecule has 1 rings (SSSR count). The Bertz CT molecular complexity index is 278. The van der Waals surface area contributed by atoms with E-state index in [1.54, 1.807) is 0 Å². The summed E-state index contributed by atoms with van der Waals surface area (Å²) in [5, 5.41) is 3.36. The van der Waals surface area contributed by atoms with Crippen molar-refractivity contribution in [3.63, 3.8) is 0 Å². The molecule has 3 heteroatoms. The molecule has 1 heterocycles. The second kappa shape index (κ2) is 5.91. The van der Waals surface area contributed by atoms with Crippen LogP contribution in [-0.4, -0.2) is 22.6 Å². The normalized spacial score (nSPS) is 13.4. The maximum atomic E-state index is 4.39. The Morgan fingerprint density at radius 1 is 1.47 bits per heavy atom. The number of likely N-dealkylation sites (N-methyl/N-ethyl adjacent to an activating group) is 1. The van der Waals surface area contributed by atoms with E-state index in [2.05, 4.69) is 41.8 Å². The first kappa shape index (κ1) is 12.2. The lowest BCUT2D eigenvalue weighted by Gasteiger charge is -2.21. The number of rotatable bonds is 6. The van der Waals surface area contributed by atoms with Crippen LogP contribution in [0.5, 0.6) is 0 Å². The highest BCUT2D eigenvalue weighted by Gasteiger charge is 2.12. The van der Waals surface area contributed by atoms with E-state index in [1.807, 2.05) is 13.2 Å². The number of hydrogen-bond acceptors (Lipinski definition) is 2. The molecule has 1 N–H and O–H groups in total. The van der Waals surface area contributed by atoms with Gasteiger partial charge in [0.1, 0.15) is 5.82 Å². The minimum absolute atomic E-state index is 0.523. The van der Waals surface area contributed by atoms with Gasteiger partial charge in [0, 0.05) is 31.4 Å². The minimum Gasteiger partial charge on any atom is -0.333 e. The second-order valence-electron chi connectivity index (χ2n) is 4.39. The van der Waals surface area contributed by atoms with Gasteiger partial charge in [0.15, 0.2) is 0 Å². The number of aryl methyl sites for hydroxylation is 1. The van der Waals surface area contributed by atoms with E-state index in [0.717, 1.165) is 19.4 Å². The molecule has 0 amide bonds. The van der Waals surface area contributed by atoms with Crippen molar-refractivity contribution >= 4 is 0 Å². The zero-order valence-electron chi connectivity index (χ0n) is 10.3. The van der Waals surface area contributed by atoms with Gasteiger partial charge in [-0.15, -0.1) is 0 Å². The van der Waals surface area contributed by atoms with E-state index in [1.165, 1.54) is 5.82 Å². The molecule has 86 valence electrons. The summed E-state index contributed by atoms with van der Waals surface area (Å²) in [7, 11) is 2.03. The summed E-state index contributed by atoms with van der Waals surface area (Å²) < 4.78 is 2.27. The third-order valence-electron chi connectivity index (χ3n) is 2.84. The number of aromatic nitrogens is 2. The summed E-state index contributed by atoms with van der Waals surface area (Å²) in [5.74, 6) is 1.85. The zero-order valence-corrected chi connectivity index (χ0v) is 10.3. The van der Waals surface area contributed by atoms with E-state index < -0.39 is 0 Å². The fraction of sp³-hybridized carbons (Fsp3) is 0.750. The molecule has 15 heavy (non-hydrogen) atoms. The number of imidazole rings is 1. The monoisotopic (exact) mass is 209 g/mol. The Kier molecular flexibility index (Phi) is 4.82. The van der Waals surface area contributed by atoms with Gasteiger partial charge in [-0.05, 0) is 19.4 Å². The predicted octanol–water partition coefficient (Wildman–Crippen LogP) is 2.08. The van der Waals surface area contributed by atoms with Gasteiger partial charge in [-0.25, -0.2) is 4.98 Å². The third-order valence-corrected chi connectivity index (χ3v) is 2.84. The fourth-order valence-corrected chi connectivity index (χ4v) is 1.81. The molecule has 1 atom stereocenters. The van der Waals surface area contributed by atoms with Crippen molar-refractivity contribution in [3.05, 3.63) is 18.2 Å². The Balaban J connectivity index is 2.65. The molecule has 0 aromatic carbocycles. The lowest BCUT2D eigenvalue weighted by atomic mass is 10.0. The molecule has 0 fully saturated rings. The molecule has 0 spiro atoms. The largest absolute Gasteiger partial charge is 0.333 e. The van der Waals surface area contributed by atoms with Crippen molar-refractivity contribution in [1.82, 2.24) is 14.9 Å². The molecule has 0 saturated heterocycles. The molecule has 3 nitrogen and oxygen atoms in total. The molecule has 0 bridgehead atoms. The molecule has 1 aromatic rings. The van der Waals surface area contributed by atoms with Crippen LogP contribution >= 0.6 is 0 Å². The standard InChI is InChI=1S/C12H23N3/c1-5-6-12-14-7-8-15(12)9-11(13-4)10(2)3/h7-8,10-11,13H,5-6,9H2,1-4H3. The quantitative estimate of drug-likeness (QED) is 0.777. The van der Waals surface area contributed by atoms with Gasteiger partial charge < -0.3 is 9.88 Å². The number of nitrogens with one attached hydrogen (secondary N) is 1. The van der Waals surface area contributed by atoms with E-state index in [9.17, 15) is 0 Å². The molecule has 0 saturated carbocycles. The molecule has 0 radical (unpaired) electrons. The highest BCUT2D eigenvalue weighted by molar-refractivity contribution is 4.93. The summed E-state index contributed by atoms with van der Waals surface area (Å²) in [6.07, 6.45) is 6.21. The van der Waals surface area contributed by atoms with Crippen molar-refractivity contribution < 1.29 is 0 Å². The molecule has 0 aliphatic carbocycles. The van der Waals surface area contributed by atoms with Crippen molar-refractivity contribution in [2.24, 2.45) is 5.92 Å². The van der Waals surface area contributed by atoms with Crippen LogP contribution in [0.25, 0.3) is 0 Å². The van der Waals surface area contributed by atoms with Crippen molar-refractivity contribution in [3.8, 4) is 0 Å².